The van der Waals surface area contributed by atoms with Gasteiger partial charge in [0.25, 0.3) is 0 Å². The van der Waals surface area contributed by atoms with Gasteiger partial charge in [-0.05, 0) is 6.92 Å². The summed E-state index contributed by atoms with van der Waals surface area (Å²) in [5.74, 6) is -7.19. The van der Waals surface area contributed by atoms with Gasteiger partial charge in [0.1, 0.15) is 0 Å². The molecular formula is C10H8F4O2. The van der Waals surface area contributed by atoms with E-state index in [-0.39, 0.29) is 12.7 Å². The van der Waals surface area contributed by atoms with Crippen LogP contribution in [0.15, 0.2) is 6.07 Å². The number of carbonyl (C=O) groups excluding carboxylic acids is 1. The number of rotatable bonds is 3. The Bertz CT molecular complexity index is 392. The average Bonchev–Trinajstić information content (AvgIpc) is 2.22. The van der Waals surface area contributed by atoms with E-state index in [4.69, 9.17) is 0 Å². The van der Waals surface area contributed by atoms with Crippen molar-refractivity contribution < 1.29 is 27.1 Å². The number of benzene rings is 1. The van der Waals surface area contributed by atoms with Crippen LogP contribution >= 0.6 is 0 Å². The molecule has 2 nitrogen and oxygen atoms in total. The summed E-state index contributed by atoms with van der Waals surface area (Å²) < 4.78 is 56.0. The van der Waals surface area contributed by atoms with E-state index < -0.39 is 41.2 Å². The van der Waals surface area contributed by atoms with Crippen LogP contribution in [0.5, 0.6) is 0 Å². The molecule has 0 N–H and O–H groups in total. The second kappa shape index (κ2) is 4.96. The molecule has 0 radical (unpaired) electrons. The van der Waals surface area contributed by atoms with Crippen LogP contribution in [-0.2, 0) is 16.0 Å². The lowest BCUT2D eigenvalue weighted by Gasteiger charge is -2.06. The average molecular weight is 236 g/mol. The van der Waals surface area contributed by atoms with Gasteiger partial charge < -0.3 is 4.74 Å². The van der Waals surface area contributed by atoms with Crippen molar-refractivity contribution in [3.8, 4) is 0 Å². The molecule has 0 aliphatic rings. The monoisotopic (exact) mass is 236 g/mol. The molecule has 1 rings (SSSR count). The minimum Gasteiger partial charge on any atom is -0.466 e. The lowest BCUT2D eigenvalue weighted by Crippen LogP contribution is -2.12. The van der Waals surface area contributed by atoms with Crippen LogP contribution in [-0.4, -0.2) is 12.6 Å². The van der Waals surface area contributed by atoms with Gasteiger partial charge in [0.05, 0.1) is 13.0 Å². The van der Waals surface area contributed by atoms with Crippen molar-refractivity contribution in [1.29, 1.82) is 0 Å². The second-order valence-corrected chi connectivity index (χ2v) is 2.93. The summed E-state index contributed by atoms with van der Waals surface area (Å²) in [5, 5.41) is 0. The van der Waals surface area contributed by atoms with E-state index in [0.29, 0.717) is 0 Å². The number of esters is 1. The number of hydrogen-bond donors (Lipinski definition) is 0. The van der Waals surface area contributed by atoms with E-state index in [1.54, 1.807) is 0 Å². The highest BCUT2D eigenvalue weighted by atomic mass is 19.2. The SMILES string of the molecule is CCOC(=O)Cc1c(F)c(F)cc(F)c1F. The summed E-state index contributed by atoms with van der Waals surface area (Å²) in [6, 6.07) is 0.0827. The number of carbonyl (C=O) groups is 1. The van der Waals surface area contributed by atoms with Crippen molar-refractivity contribution in [2.45, 2.75) is 13.3 Å². The van der Waals surface area contributed by atoms with Gasteiger partial charge in [-0.1, -0.05) is 0 Å². The first-order valence-electron chi connectivity index (χ1n) is 4.44. The number of ether oxygens (including phenoxy) is 1. The van der Waals surface area contributed by atoms with Crippen LogP contribution in [0.3, 0.4) is 0 Å². The molecule has 0 bridgehead atoms. The first kappa shape index (κ1) is 12.5. The van der Waals surface area contributed by atoms with E-state index in [1.165, 1.54) is 6.92 Å². The van der Waals surface area contributed by atoms with Gasteiger partial charge in [-0.25, -0.2) is 17.6 Å². The summed E-state index contributed by atoms with van der Waals surface area (Å²) in [6.07, 6.45) is -0.847. The van der Waals surface area contributed by atoms with Crippen LogP contribution < -0.4 is 0 Å². The Morgan fingerprint density at radius 2 is 1.69 bits per heavy atom. The highest BCUT2D eigenvalue weighted by Gasteiger charge is 2.21. The second-order valence-electron chi connectivity index (χ2n) is 2.93. The molecule has 88 valence electrons. The zero-order valence-electron chi connectivity index (χ0n) is 8.32. The largest absolute Gasteiger partial charge is 0.466 e. The molecule has 0 spiro atoms. The minimum atomic E-state index is -1.58. The van der Waals surface area contributed by atoms with Crippen molar-refractivity contribution in [3.63, 3.8) is 0 Å². The molecule has 16 heavy (non-hydrogen) atoms. The Morgan fingerprint density at radius 1 is 1.19 bits per heavy atom. The predicted molar refractivity (Wildman–Crippen MR) is 46.6 cm³/mol. The molecule has 0 aromatic heterocycles. The Balaban J connectivity index is 3.07. The molecule has 0 fully saturated rings. The first-order chi connectivity index (χ1) is 7.47. The smallest absolute Gasteiger partial charge is 0.310 e. The third-order valence-corrected chi connectivity index (χ3v) is 1.83. The van der Waals surface area contributed by atoms with Crippen LogP contribution in [0.25, 0.3) is 0 Å². The van der Waals surface area contributed by atoms with E-state index >= 15 is 0 Å². The maximum absolute atomic E-state index is 13.1. The van der Waals surface area contributed by atoms with Gasteiger partial charge in [-0.2, -0.15) is 0 Å². The third-order valence-electron chi connectivity index (χ3n) is 1.83. The van der Waals surface area contributed by atoms with Gasteiger partial charge in [0, 0.05) is 11.6 Å². The number of halogens is 4. The molecule has 0 unspecified atom stereocenters. The van der Waals surface area contributed by atoms with Crippen LogP contribution in [0.1, 0.15) is 12.5 Å². The molecule has 0 saturated heterocycles. The zero-order valence-corrected chi connectivity index (χ0v) is 8.32. The van der Waals surface area contributed by atoms with E-state index in [0.717, 1.165) is 0 Å². The molecular weight excluding hydrogens is 228 g/mol. The Hall–Kier alpha value is -1.59. The van der Waals surface area contributed by atoms with Gasteiger partial charge >= 0.3 is 5.97 Å². The molecule has 0 aliphatic heterocycles. The third kappa shape index (κ3) is 2.50. The van der Waals surface area contributed by atoms with Crippen molar-refractivity contribution >= 4 is 5.97 Å². The fourth-order valence-corrected chi connectivity index (χ4v) is 1.13. The molecule has 0 heterocycles. The predicted octanol–water partition coefficient (Wildman–Crippen LogP) is 2.35. The highest BCUT2D eigenvalue weighted by Crippen LogP contribution is 2.19. The van der Waals surface area contributed by atoms with Crippen molar-refractivity contribution in [2.24, 2.45) is 0 Å². The fraction of sp³-hybridized carbons (Fsp3) is 0.300. The number of hydrogen-bond acceptors (Lipinski definition) is 2. The Kier molecular flexibility index (Phi) is 3.87. The molecule has 0 amide bonds. The highest BCUT2D eigenvalue weighted by molar-refractivity contribution is 5.72. The van der Waals surface area contributed by atoms with Gasteiger partial charge in [0.2, 0.25) is 0 Å². The summed E-state index contributed by atoms with van der Waals surface area (Å²) in [5.41, 5.74) is -0.962. The molecule has 0 saturated carbocycles. The zero-order chi connectivity index (χ0) is 12.3. The normalized spacial score (nSPS) is 10.3. The first-order valence-corrected chi connectivity index (χ1v) is 4.44. The van der Waals surface area contributed by atoms with Crippen LogP contribution in [0.4, 0.5) is 17.6 Å². The molecule has 0 atom stereocenters. The van der Waals surface area contributed by atoms with Gasteiger partial charge in [-0.3, -0.25) is 4.79 Å². The van der Waals surface area contributed by atoms with E-state index in [2.05, 4.69) is 4.74 Å². The molecule has 1 aromatic carbocycles. The fourth-order valence-electron chi connectivity index (χ4n) is 1.13. The maximum Gasteiger partial charge on any atom is 0.310 e. The van der Waals surface area contributed by atoms with E-state index in [9.17, 15) is 22.4 Å². The summed E-state index contributed by atoms with van der Waals surface area (Å²) in [6.45, 7) is 1.51. The lowest BCUT2D eigenvalue weighted by molar-refractivity contribution is -0.142. The van der Waals surface area contributed by atoms with Crippen LogP contribution in [0, 0.1) is 23.3 Å². The Labute approximate surface area is 88.8 Å². The topological polar surface area (TPSA) is 26.3 Å². The maximum atomic E-state index is 13.1. The summed E-state index contributed by atoms with van der Waals surface area (Å²) in [4.78, 5) is 10.9. The standard InChI is InChI=1S/C10H8F4O2/c1-2-16-8(15)3-5-9(13)6(11)4-7(12)10(5)14/h4H,2-3H2,1H3. The molecule has 0 aliphatic carbocycles. The summed E-state index contributed by atoms with van der Waals surface area (Å²) in [7, 11) is 0. The molecule has 1 aromatic rings. The van der Waals surface area contributed by atoms with Gasteiger partial charge in [0.15, 0.2) is 23.3 Å². The molecule has 6 heteroatoms. The van der Waals surface area contributed by atoms with Crippen molar-refractivity contribution in [3.05, 3.63) is 34.9 Å². The van der Waals surface area contributed by atoms with Crippen molar-refractivity contribution in [2.75, 3.05) is 6.61 Å². The van der Waals surface area contributed by atoms with E-state index in [1.807, 2.05) is 0 Å². The minimum absolute atomic E-state index is 0.0138. The van der Waals surface area contributed by atoms with Crippen LogP contribution in [0.2, 0.25) is 0 Å². The lowest BCUT2D eigenvalue weighted by atomic mass is 10.1. The van der Waals surface area contributed by atoms with Crippen molar-refractivity contribution in [1.82, 2.24) is 0 Å². The Morgan fingerprint density at radius 3 is 2.12 bits per heavy atom. The van der Waals surface area contributed by atoms with Gasteiger partial charge in [-0.15, -0.1) is 0 Å². The quantitative estimate of drug-likeness (QED) is 0.457. The summed E-state index contributed by atoms with van der Waals surface area (Å²) >= 11 is 0.